The van der Waals surface area contributed by atoms with Gasteiger partial charge < -0.3 is 20.1 Å². The molecule has 0 atom stereocenters. The van der Waals surface area contributed by atoms with Crippen LogP contribution in [0.15, 0.2) is 52.9 Å². The van der Waals surface area contributed by atoms with Crippen molar-refractivity contribution in [1.29, 1.82) is 0 Å². The number of ketones is 2. The van der Waals surface area contributed by atoms with Crippen molar-refractivity contribution < 1.29 is 23.9 Å². The van der Waals surface area contributed by atoms with E-state index in [9.17, 15) is 14.4 Å². The van der Waals surface area contributed by atoms with Gasteiger partial charge in [-0.1, -0.05) is 17.7 Å². The van der Waals surface area contributed by atoms with Gasteiger partial charge in [0.15, 0.2) is 29.7 Å². The monoisotopic (exact) mass is 534 g/mol. The molecule has 1 heterocycles. The van der Waals surface area contributed by atoms with Gasteiger partial charge in [0.25, 0.3) is 5.91 Å². The molecule has 0 fully saturated rings. The lowest BCUT2D eigenvalue weighted by molar-refractivity contribution is -0.118. The number of halogens is 1. The summed E-state index contributed by atoms with van der Waals surface area (Å²) in [6.07, 6.45) is 4.02. The number of Topliss-reactive ketones (excluding diaryl/α,β-unsaturated/α-hetero) is 2. The van der Waals surface area contributed by atoms with Crippen LogP contribution >= 0.6 is 11.6 Å². The van der Waals surface area contributed by atoms with Crippen LogP contribution in [0.4, 0.5) is 5.69 Å². The van der Waals surface area contributed by atoms with Crippen LogP contribution in [0.5, 0.6) is 11.5 Å². The Hall–Kier alpha value is -3.58. The maximum absolute atomic E-state index is 13.1. The standard InChI is InChI=1S/C30H31ClN2O5/c1-16-10-11-19(12-17(16)2)32-26(36)15-38-30-20(31)13-18(14-25(30)37-3)27-28-21(6-4-8-23(28)34)33-22-7-5-9-24(35)29(22)27/h10-14,27,33H,4-9,15H2,1-3H3,(H,32,36). The number of dihydropyridines is 1. The van der Waals surface area contributed by atoms with Crippen molar-refractivity contribution in [3.05, 3.63) is 74.6 Å². The van der Waals surface area contributed by atoms with Gasteiger partial charge in [0.2, 0.25) is 0 Å². The van der Waals surface area contributed by atoms with E-state index < -0.39 is 5.92 Å². The Morgan fingerprint density at radius 1 is 0.974 bits per heavy atom. The lowest BCUT2D eigenvalue weighted by atomic mass is 9.71. The Kier molecular flexibility index (Phi) is 7.30. The van der Waals surface area contributed by atoms with Crippen LogP contribution in [0.25, 0.3) is 0 Å². The third-order valence-corrected chi connectivity index (χ3v) is 7.80. The zero-order valence-electron chi connectivity index (χ0n) is 21.8. The first-order valence-corrected chi connectivity index (χ1v) is 13.3. The quantitative estimate of drug-likeness (QED) is 0.495. The third-order valence-electron chi connectivity index (χ3n) is 7.51. The Morgan fingerprint density at radius 3 is 2.24 bits per heavy atom. The summed E-state index contributed by atoms with van der Waals surface area (Å²) in [6.45, 7) is 3.72. The highest BCUT2D eigenvalue weighted by Gasteiger charge is 2.40. The fourth-order valence-corrected chi connectivity index (χ4v) is 5.79. The minimum Gasteiger partial charge on any atom is -0.493 e. The van der Waals surface area contributed by atoms with Crippen LogP contribution in [0.3, 0.4) is 0 Å². The molecule has 198 valence electrons. The number of nitrogens with one attached hydrogen (secondary N) is 2. The Labute approximate surface area is 227 Å². The van der Waals surface area contributed by atoms with Gasteiger partial charge in [-0.25, -0.2) is 0 Å². The minimum atomic E-state index is -0.504. The molecular formula is C30H31ClN2O5. The minimum absolute atomic E-state index is 0.0482. The molecule has 0 spiro atoms. The number of allylic oxidation sites excluding steroid dienone is 4. The number of carbonyl (C=O) groups is 3. The van der Waals surface area contributed by atoms with Crippen molar-refractivity contribution in [3.63, 3.8) is 0 Å². The average Bonchev–Trinajstić information content (AvgIpc) is 2.89. The van der Waals surface area contributed by atoms with Gasteiger partial charge in [-0.15, -0.1) is 0 Å². The number of hydrogen-bond donors (Lipinski definition) is 2. The highest BCUT2D eigenvalue weighted by atomic mass is 35.5. The average molecular weight is 535 g/mol. The normalized spacial score (nSPS) is 17.6. The van der Waals surface area contributed by atoms with Gasteiger partial charge in [-0.3, -0.25) is 14.4 Å². The van der Waals surface area contributed by atoms with Gasteiger partial charge in [0.05, 0.1) is 12.1 Å². The molecule has 2 aromatic rings. The van der Waals surface area contributed by atoms with E-state index in [0.717, 1.165) is 48.2 Å². The van der Waals surface area contributed by atoms with Gasteiger partial charge in [0.1, 0.15) is 0 Å². The maximum atomic E-state index is 13.1. The Morgan fingerprint density at radius 2 is 1.63 bits per heavy atom. The van der Waals surface area contributed by atoms with Gasteiger partial charge in [-0.05, 0) is 80.5 Å². The lowest BCUT2D eigenvalue weighted by Crippen LogP contribution is -2.36. The Balaban J connectivity index is 1.44. The highest BCUT2D eigenvalue weighted by molar-refractivity contribution is 6.32. The molecule has 2 N–H and O–H groups in total. The summed E-state index contributed by atoms with van der Waals surface area (Å²) < 4.78 is 11.4. The molecular weight excluding hydrogens is 504 g/mol. The van der Waals surface area contributed by atoms with Crippen molar-refractivity contribution in [2.75, 3.05) is 19.0 Å². The zero-order valence-corrected chi connectivity index (χ0v) is 22.6. The van der Waals surface area contributed by atoms with Crippen LogP contribution in [0.1, 0.15) is 61.1 Å². The summed E-state index contributed by atoms with van der Waals surface area (Å²) in [5.74, 6) is -0.176. The van der Waals surface area contributed by atoms with Crippen molar-refractivity contribution in [3.8, 4) is 11.5 Å². The van der Waals surface area contributed by atoms with E-state index in [-0.39, 0.29) is 34.9 Å². The molecule has 0 radical (unpaired) electrons. The summed E-state index contributed by atoms with van der Waals surface area (Å²) in [5, 5.41) is 6.49. The predicted octanol–water partition coefficient (Wildman–Crippen LogP) is 5.68. The predicted molar refractivity (Wildman–Crippen MR) is 146 cm³/mol. The first kappa shape index (κ1) is 26.0. The van der Waals surface area contributed by atoms with Crippen LogP contribution in [-0.2, 0) is 14.4 Å². The molecule has 8 heteroatoms. The molecule has 0 saturated heterocycles. The van der Waals surface area contributed by atoms with Crippen molar-refractivity contribution >= 4 is 34.8 Å². The molecule has 0 unspecified atom stereocenters. The number of amides is 1. The first-order chi connectivity index (χ1) is 18.3. The molecule has 1 aliphatic heterocycles. The summed E-state index contributed by atoms with van der Waals surface area (Å²) >= 11 is 6.68. The summed E-state index contributed by atoms with van der Waals surface area (Å²) in [7, 11) is 1.49. The van der Waals surface area contributed by atoms with Gasteiger partial charge in [0, 0.05) is 47.0 Å². The summed E-state index contributed by atoms with van der Waals surface area (Å²) in [6, 6.07) is 9.17. The molecule has 2 aliphatic carbocycles. The fraction of sp³-hybridized carbons (Fsp3) is 0.367. The zero-order chi connectivity index (χ0) is 27.0. The van der Waals surface area contributed by atoms with Crippen molar-refractivity contribution in [2.24, 2.45) is 0 Å². The van der Waals surface area contributed by atoms with E-state index in [1.807, 2.05) is 32.0 Å². The van der Waals surface area contributed by atoms with Crippen LogP contribution < -0.4 is 20.1 Å². The third kappa shape index (κ3) is 4.95. The largest absolute Gasteiger partial charge is 0.493 e. The van der Waals surface area contributed by atoms with E-state index in [4.69, 9.17) is 21.1 Å². The number of ether oxygens (including phenoxy) is 2. The van der Waals surface area contributed by atoms with Gasteiger partial charge >= 0.3 is 0 Å². The second-order valence-electron chi connectivity index (χ2n) is 10.1. The van der Waals surface area contributed by atoms with E-state index in [0.29, 0.717) is 41.0 Å². The smallest absolute Gasteiger partial charge is 0.262 e. The summed E-state index contributed by atoms with van der Waals surface area (Å²) in [5.41, 5.74) is 6.69. The molecule has 0 saturated carbocycles. The summed E-state index contributed by atoms with van der Waals surface area (Å²) in [4.78, 5) is 38.8. The molecule has 0 bridgehead atoms. The topological polar surface area (TPSA) is 93.7 Å². The highest BCUT2D eigenvalue weighted by Crippen LogP contribution is 2.48. The molecule has 3 aliphatic rings. The van der Waals surface area contributed by atoms with Crippen LogP contribution in [-0.4, -0.2) is 31.2 Å². The maximum Gasteiger partial charge on any atom is 0.262 e. The SMILES string of the molecule is COc1cc(C2C3=C(CCCC3=O)NC3=C2C(=O)CCC3)cc(Cl)c1OCC(=O)Nc1ccc(C)c(C)c1. The number of carbonyl (C=O) groups excluding carboxylic acids is 3. The lowest BCUT2D eigenvalue weighted by Gasteiger charge is -2.37. The second-order valence-corrected chi connectivity index (χ2v) is 10.5. The van der Waals surface area contributed by atoms with E-state index >= 15 is 0 Å². The van der Waals surface area contributed by atoms with Crippen molar-refractivity contribution in [2.45, 2.75) is 58.3 Å². The molecule has 0 aromatic heterocycles. The number of hydrogen-bond acceptors (Lipinski definition) is 6. The number of methoxy groups -OCH3 is 1. The first-order valence-electron chi connectivity index (χ1n) is 12.9. The van der Waals surface area contributed by atoms with Crippen molar-refractivity contribution in [1.82, 2.24) is 5.32 Å². The van der Waals surface area contributed by atoms with E-state index in [2.05, 4.69) is 10.6 Å². The number of benzene rings is 2. The van der Waals surface area contributed by atoms with Crippen LogP contribution in [0.2, 0.25) is 5.02 Å². The molecule has 2 aromatic carbocycles. The molecule has 1 amide bonds. The molecule has 38 heavy (non-hydrogen) atoms. The number of rotatable bonds is 6. The number of aryl methyl sites for hydroxylation is 2. The molecule has 5 rings (SSSR count). The molecule has 7 nitrogen and oxygen atoms in total. The van der Waals surface area contributed by atoms with Gasteiger partial charge in [-0.2, -0.15) is 0 Å². The van der Waals surface area contributed by atoms with Crippen LogP contribution in [0, 0.1) is 13.8 Å². The fourth-order valence-electron chi connectivity index (χ4n) is 5.52. The van der Waals surface area contributed by atoms with E-state index in [1.165, 1.54) is 7.11 Å². The number of anilines is 1. The van der Waals surface area contributed by atoms with E-state index in [1.54, 1.807) is 12.1 Å². The Bertz CT molecular complexity index is 1370. The second kappa shape index (κ2) is 10.7.